The molecule has 0 fully saturated rings. The third-order valence-corrected chi connectivity index (χ3v) is 2.06. The molecule has 11 heavy (non-hydrogen) atoms. The summed E-state index contributed by atoms with van der Waals surface area (Å²) in [4.78, 5) is 0. The Balaban J connectivity index is 4.07. The lowest BCUT2D eigenvalue weighted by atomic mass is 10.2. The van der Waals surface area contributed by atoms with Gasteiger partial charge in [0.15, 0.2) is 0 Å². The topological polar surface area (TPSA) is 43.1 Å². The van der Waals surface area contributed by atoms with E-state index in [0.717, 1.165) is 0 Å². The highest BCUT2D eigenvalue weighted by molar-refractivity contribution is 7.84. The third-order valence-electron chi connectivity index (χ3n) is 1.18. The second-order valence-corrected chi connectivity index (χ2v) is 3.69. The predicted molar refractivity (Wildman–Crippen MR) is 37.5 cm³/mol. The van der Waals surface area contributed by atoms with Crippen molar-refractivity contribution >= 4 is 10.8 Å². The molecule has 68 valence electrons. The molecule has 2 N–H and O–H groups in total. The normalized spacial score (nSPS) is 17.9. The Hall–Kier alpha value is -0.100. The minimum atomic E-state index is -4.32. The summed E-state index contributed by atoms with van der Waals surface area (Å²) >= 11 is 0. The van der Waals surface area contributed by atoms with Crippen molar-refractivity contribution in [1.82, 2.24) is 0 Å². The van der Waals surface area contributed by atoms with E-state index < -0.39 is 35.2 Å². The molecule has 2 atom stereocenters. The first-order valence-corrected chi connectivity index (χ1v) is 4.67. The largest absolute Gasteiger partial charge is 0.393 e. The van der Waals surface area contributed by atoms with Gasteiger partial charge in [-0.2, -0.15) is 13.2 Å². The van der Waals surface area contributed by atoms with E-state index >= 15 is 0 Å². The first-order valence-electron chi connectivity index (χ1n) is 2.94. The van der Waals surface area contributed by atoms with Crippen LogP contribution in [0.15, 0.2) is 0 Å². The minimum Gasteiger partial charge on any atom is -0.330 e. The van der Waals surface area contributed by atoms with Gasteiger partial charge in [-0.25, -0.2) is 0 Å². The van der Waals surface area contributed by atoms with Crippen molar-refractivity contribution in [2.24, 2.45) is 11.7 Å². The highest BCUT2D eigenvalue weighted by Gasteiger charge is 2.38. The maximum atomic E-state index is 11.9. The zero-order valence-electron chi connectivity index (χ0n) is 6.02. The number of nitrogens with two attached hydrogens (primary N) is 1. The van der Waals surface area contributed by atoms with Gasteiger partial charge in [0.2, 0.25) is 0 Å². The smallest absolute Gasteiger partial charge is 0.330 e. The SMILES string of the molecule is CS(=O)CC(CN)C(F)(F)F. The maximum Gasteiger partial charge on any atom is 0.393 e. The number of halogens is 3. The molecule has 0 aliphatic carbocycles. The highest BCUT2D eigenvalue weighted by Crippen LogP contribution is 2.25. The van der Waals surface area contributed by atoms with Crippen LogP contribution in [0.2, 0.25) is 0 Å². The summed E-state index contributed by atoms with van der Waals surface area (Å²) < 4.78 is 46.0. The first kappa shape index (κ1) is 10.9. The number of alkyl halides is 3. The molecule has 0 rings (SSSR count). The average Bonchev–Trinajstić information content (AvgIpc) is 1.79. The summed E-state index contributed by atoms with van der Waals surface area (Å²) in [5, 5.41) is 0. The lowest BCUT2D eigenvalue weighted by Crippen LogP contribution is -2.34. The zero-order valence-corrected chi connectivity index (χ0v) is 6.84. The second-order valence-electron chi connectivity index (χ2n) is 2.21. The van der Waals surface area contributed by atoms with Crippen molar-refractivity contribution in [1.29, 1.82) is 0 Å². The summed E-state index contributed by atoms with van der Waals surface area (Å²) in [7, 11) is -1.44. The van der Waals surface area contributed by atoms with Gasteiger partial charge in [0.05, 0.1) is 5.92 Å². The summed E-state index contributed by atoms with van der Waals surface area (Å²) in [5.74, 6) is -2.03. The van der Waals surface area contributed by atoms with Crippen molar-refractivity contribution in [2.75, 3.05) is 18.6 Å². The van der Waals surface area contributed by atoms with Crippen LogP contribution in [0.4, 0.5) is 13.2 Å². The van der Waals surface area contributed by atoms with Crippen molar-refractivity contribution in [2.45, 2.75) is 6.18 Å². The Bertz CT molecular complexity index is 147. The summed E-state index contributed by atoms with van der Waals surface area (Å²) in [6.07, 6.45) is -3.09. The van der Waals surface area contributed by atoms with E-state index in [1.165, 1.54) is 6.26 Å². The Morgan fingerprint density at radius 1 is 1.55 bits per heavy atom. The Labute approximate surface area is 65.4 Å². The van der Waals surface area contributed by atoms with Crippen molar-refractivity contribution in [3.63, 3.8) is 0 Å². The fourth-order valence-corrected chi connectivity index (χ4v) is 1.47. The highest BCUT2D eigenvalue weighted by atomic mass is 32.2. The fraction of sp³-hybridized carbons (Fsp3) is 1.00. The predicted octanol–water partition coefficient (Wildman–Crippen LogP) is 0.502. The van der Waals surface area contributed by atoms with Gasteiger partial charge in [0.25, 0.3) is 0 Å². The van der Waals surface area contributed by atoms with Gasteiger partial charge in [-0.05, 0) is 0 Å². The second kappa shape index (κ2) is 4.06. The van der Waals surface area contributed by atoms with E-state index in [1.807, 2.05) is 0 Å². The first-order chi connectivity index (χ1) is 4.88. The van der Waals surface area contributed by atoms with E-state index in [2.05, 4.69) is 0 Å². The fourth-order valence-electron chi connectivity index (χ4n) is 0.579. The Morgan fingerprint density at radius 2 is 2.00 bits per heavy atom. The number of hydrogen-bond acceptors (Lipinski definition) is 2. The lowest BCUT2D eigenvalue weighted by molar-refractivity contribution is -0.165. The van der Waals surface area contributed by atoms with Gasteiger partial charge in [0, 0.05) is 29.4 Å². The molecular weight excluding hydrogens is 179 g/mol. The molecule has 0 radical (unpaired) electrons. The van der Waals surface area contributed by atoms with E-state index in [0.29, 0.717) is 0 Å². The van der Waals surface area contributed by atoms with Gasteiger partial charge in [-0.1, -0.05) is 0 Å². The molecule has 6 heteroatoms. The molecule has 0 aromatic rings. The quantitative estimate of drug-likeness (QED) is 0.702. The van der Waals surface area contributed by atoms with E-state index in [-0.39, 0.29) is 0 Å². The number of hydrogen-bond donors (Lipinski definition) is 1. The van der Waals surface area contributed by atoms with E-state index in [1.54, 1.807) is 0 Å². The molecule has 0 bridgehead atoms. The van der Waals surface area contributed by atoms with Crippen molar-refractivity contribution < 1.29 is 17.4 Å². The number of rotatable bonds is 3. The standard InChI is InChI=1S/C5H10F3NOS/c1-11(10)3-4(2-9)5(6,7)8/h4H,2-3,9H2,1H3. The summed E-state index contributed by atoms with van der Waals surface area (Å²) in [6, 6.07) is 0. The molecule has 0 aliphatic rings. The van der Waals surface area contributed by atoms with Crippen LogP contribution in [-0.4, -0.2) is 28.9 Å². The zero-order chi connectivity index (χ0) is 9.07. The van der Waals surface area contributed by atoms with Gasteiger partial charge < -0.3 is 5.73 Å². The van der Waals surface area contributed by atoms with Crippen LogP contribution >= 0.6 is 0 Å². The lowest BCUT2D eigenvalue weighted by Gasteiger charge is -2.16. The molecule has 0 amide bonds. The minimum absolute atomic E-state index is 0.403. The molecule has 0 saturated heterocycles. The summed E-state index contributed by atoms with van der Waals surface area (Å²) in [5.41, 5.74) is 4.85. The molecule has 0 aromatic heterocycles. The van der Waals surface area contributed by atoms with Crippen LogP contribution < -0.4 is 5.73 Å². The van der Waals surface area contributed by atoms with Crippen LogP contribution in [0, 0.1) is 5.92 Å². The molecule has 0 aliphatic heterocycles. The van der Waals surface area contributed by atoms with Crippen LogP contribution in [0.25, 0.3) is 0 Å². The maximum absolute atomic E-state index is 11.9. The van der Waals surface area contributed by atoms with Crippen LogP contribution in [0.3, 0.4) is 0 Å². The molecule has 0 aromatic carbocycles. The Kier molecular flexibility index (Phi) is 4.02. The van der Waals surface area contributed by atoms with Crippen LogP contribution in [0.1, 0.15) is 0 Å². The molecule has 2 nitrogen and oxygen atoms in total. The summed E-state index contributed by atoms with van der Waals surface area (Å²) in [6.45, 7) is -0.497. The average molecular weight is 189 g/mol. The third kappa shape index (κ3) is 4.36. The monoisotopic (exact) mass is 189 g/mol. The van der Waals surface area contributed by atoms with Gasteiger partial charge in [0.1, 0.15) is 0 Å². The molecular formula is C5H10F3NOS. The van der Waals surface area contributed by atoms with Crippen molar-refractivity contribution in [3.8, 4) is 0 Å². The van der Waals surface area contributed by atoms with Crippen molar-refractivity contribution in [3.05, 3.63) is 0 Å². The van der Waals surface area contributed by atoms with Crippen LogP contribution in [-0.2, 0) is 10.8 Å². The van der Waals surface area contributed by atoms with Crippen LogP contribution in [0.5, 0.6) is 0 Å². The molecule has 2 unspecified atom stereocenters. The van der Waals surface area contributed by atoms with E-state index in [4.69, 9.17) is 5.73 Å². The van der Waals surface area contributed by atoms with E-state index in [9.17, 15) is 17.4 Å². The molecule has 0 saturated carbocycles. The molecule has 0 heterocycles. The van der Waals surface area contributed by atoms with Gasteiger partial charge >= 0.3 is 6.18 Å². The van der Waals surface area contributed by atoms with Gasteiger partial charge in [-0.3, -0.25) is 4.21 Å². The Morgan fingerprint density at radius 3 is 2.09 bits per heavy atom. The molecule has 0 spiro atoms. The van der Waals surface area contributed by atoms with Gasteiger partial charge in [-0.15, -0.1) is 0 Å².